The first-order chi connectivity index (χ1) is 14.5. The van der Waals surface area contributed by atoms with Gasteiger partial charge in [-0.15, -0.1) is 4.36 Å². The van der Waals surface area contributed by atoms with Crippen LogP contribution >= 0.6 is 0 Å². The zero-order valence-corrected chi connectivity index (χ0v) is 17.6. The first kappa shape index (κ1) is 18.4. The molecule has 1 unspecified atom stereocenters. The van der Waals surface area contributed by atoms with E-state index in [2.05, 4.69) is 20.8 Å². The number of rotatable bonds is 2. The Morgan fingerprint density at radius 1 is 1.23 bits per heavy atom. The molecule has 1 saturated carbocycles. The second kappa shape index (κ2) is 6.31. The lowest BCUT2D eigenvalue weighted by molar-refractivity contribution is 0.224. The first-order valence-electron chi connectivity index (χ1n) is 10.7. The Bertz CT molecular complexity index is 1200. The minimum absolute atomic E-state index is 0.180. The third-order valence-electron chi connectivity index (χ3n) is 7.02. The first-order valence-corrected chi connectivity index (χ1v) is 12.3. The summed E-state index contributed by atoms with van der Waals surface area (Å²) in [5.41, 5.74) is 6.33. The van der Waals surface area contributed by atoms with Crippen LogP contribution in [-0.2, 0) is 41.1 Å². The quantitative estimate of drug-likeness (QED) is 0.767. The van der Waals surface area contributed by atoms with Gasteiger partial charge >= 0.3 is 6.03 Å². The van der Waals surface area contributed by atoms with Gasteiger partial charge in [0.15, 0.2) is 9.92 Å². The summed E-state index contributed by atoms with van der Waals surface area (Å²) >= 11 is 0. The number of hydrogen-bond donors (Lipinski definition) is 2. The van der Waals surface area contributed by atoms with Crippen LogP contribution in [0.1, 0.15) is 54.4 Å². The molecule has 0 saturated heterocycles. The van der Waals surface area contributed by atoms with Crippen molar-refractivity contribution in [3.8, 4) is 5.88 Å². The van der Waals surface area contributed by atoms with E-state index in [-0.39, 0.29) is 10.3 Å². The van der Waals surface area contributed by atoms with E-state index in [1.165, 1.54) is 41.3 Å². The van der Waals surface area contributed by atoms with Crippen molar-refractivity contribution in [3.63, 3.8) is 0 Å². The van der Waals surface area contributed by atoms with E-state index in [1.54, 1.807) is 4.68 Å². The lowest BCUT2D eigenvalue weighted by Gasteiger charge is -2.19. The number of benzene rings is 1. The summed E-state index contributed by atoms with van der Waals surface area (Å²) in [6, 6.07) is 1.68. The molecule has 1 atom stereocenters. The normalized spacial score (nSPS) is 21.9. The number of nitrogens with zero attached hydrogens (tertiary/aromatic N) is 3. The van der Waals surface area contributed by atoms with E-state index < -0.39 is 15.9 Å². The van der Waals surface area contributed by atoms with Crippen molar-refractivity contribution in [1.82, 2.24) is 9.78 Å². The highest BCUT2D eigenvalue weighted by Gasteiger charge is 2.50. The maximum Gasteiger partial charge on any atom is 0.354 e. The van der Waals surface area contributed by atoms with Crippen LogP contribution in [0.25, 0.3) is 0 Å². The Morgan fingerprint density at radius 2 is 2.10 bits per heavy atom. The zero-order chi connectivity index (χ0) is 20.5. The molecule has 2 amide bonds. The van der Waals surface area contributed by atoms with Crippen molar-refractivity contribution >= 4 is 21.6 Å². The molecule has 2 aromatic rings. The van der Waals surface area contributed by atoms with Gasteiger partial charge in [0, 0.05) is 18.7 Å². The van der Waals surface area contributed by atoms with E-state index in [0.717, 1.165) is 44.2 Å². The molecule has 4 aliphatic rings. The second-order valence-electron chi connectivity index (χ2n) is 8.89. The number of carbonyl (C=O) groups excluding carboxylic acids is 1. The number of nitrogens with one attached hydrogen (secondary N) is 1. The number of amides is 2. The molecule has 1 spiro atoms. The number of carbonyl (C=O) groups is 1. The topological polar surface area (TPSA) is 112 Å². The van der Waals surface area contributed by atoms with Crippen molar-refractivity contribution in [2.75, 3.05) is 11.9 Å². The molecule has 6 rings (SSSR count). The Hall–Kier alpha value is -2.39. The molecule has 0 bridgehead atoms. The molecular formula is C21H25N5O3S. The van der Waals surface area contributed by atoms with Crippen molar-refractivity contribution < 1.29 is 13.7 Å². The lowest BCUT2D eigenvalue weighted by atomic mass is 9.92. The molecule has 3 N–H and O–H groups in total. The van der Waals surface area contributed by atoms with E-state index >= 15 is 0 Å². The summed E-state index contributed by atoms with van der Waals surface area (Å²) in [6.07, 6.45) is 9.88. The predicted molar refractivity (Wildman–Crippen MR) is 112 cm³/mol. The third-order valence-corrected chi connectivity index (χ3v) is 8.36. The molecule has 1 aromatic heterocycles. The van der Waals surface area contributed by atoms with Gasteiger partial charge in [-0.25, -0.2) is 18.8 Å². The SMILES string of the molecule is NS(=O)(=NC(=O)Nc1c2c(cc3c1C1(CC3)CC1)CCC2)c1cnn2c1OCCC2. The number of aromatic nitrogens is 2. The van der Waals surface area contributed by atoms with Gasteiger partial charge in [-0.3, -0.25) is 0 Å². The summed E-state index contributed by atoms with van der Waals surface area (Å²) in [4.78, 5) is 13.1. The Balaban J connectivity index is 1.38. The van der Waals surface area contributed by atoms with Gasteiger partial charge in [0.05, 0.1) is 12.8 Å². The molecule has 8 nitrogen and oxygen atoms in total. The summed E-state index contributed by atoms with van der Waals surface area (Å²) in [7, 11) is -3.46. The number of anilines is 1. The fourth-order valence-electron chi connectivity index (χ4n) is 5.44. The Kier molecular flexibility index (Phi) is 3.86. The van der Waals surface area contributed by atoms with Crippen LogP contribution in [-0.4, -0.2) is 26.6 Å². The Morgan fingerprint density at radius 3 is 2.93 bits per heavy atom. The van der Waals surface area contributed by atoms with Crippen molar-refractivity contribution in [2.24, 2.45) is 9.50 Å². The van der Waals surface area contributed by atoms with Gasteiger partial charge in [-0.05, 0) is 72.6 Å². The average molecular weight is 428 g/mol. The van der Waals surface area contributed by atoms with Crippen LogP contribution in [0.15, 0.2) is 21.5 Å². The summed E-state index contributed by atoms with van der Waals surface area (Å²) in [5.74, 6) is 0.351. The van der Waals surface area contributed by atoms with Gasteiger partial charge in [0.2, 0.25) is 5.88 Å². The molecular weight excluding hydrogens is 402 g/mol. The van der Waals surface area contributed by atoms with Gasteiger partial charge < -0.3 is 10.1 Å². The molecule has 2 heterocycles. The number of urea groups is 1. The van der Waals surface area contributed by atoms with E-state index in [4.69, 9.17) is 9.88 Å². The van der Waals surface area contributed by atoms with Gasteiger partial charge in [0.25, 0.3) is 0 Å². The molecule has 1 fully saturated rings. The van der Waals surface area contributed by atoms with E-state index in [9.17, 15) is 9.00 Å². The molecule has 1 aromatic carbocycles. The van der Waals surface area contributed by atoms with E-state index in [0.29, 0.717) is 19.0 Å². The summed E-state index contributed by atoms with van der Waals surface area (Å²) in [5, 5.41) is 13.2. The molecule has 30 heavy (non-hydrogen) atoms. The molecule has 1 aliphatic heterocycles. The number of ether oxygens (including phenoxy) is 1. The largest absolute Gasteiger partial charge is 0.477 e. The highest BCUT2D eigenvalue weighted by molar-refractivity contribution is 7.91. The monoisotopic (exact) mass is 427 g/mol. The van der Waals surface area contributed by atoms with Gasteiger partial charge in [-0.2, -0.15) is 5.10 Å². The summed E-state index contributed by atoms with van der Waals surface area (Å²) < 4.78 is 24.2. The fraction of sp³-hybridized carbons (Fsp3) is 0.524. The average Bonchev–Trinajstić information content (AvgIpc) is 3.07. The maximum atomic E-state index is 13.1. The zero-order valence-electron chi connectivity index (χ0n) is 16.8. The Labute approximate surface area is 175 Å². The molecule has 158 valence electrons. The minimum Gasteiger partial charge on any atom is -0.477 e. The van der Waals surface area contributed by atoms with Crippen LogP contribution in [0.4, 0.5) is 10.5 Å². The third kappa shape index (κ3) is 2.71. The van der Waals surface area contributed by atoms with Crippen LogP contribution < -0.4 is 15.2 Å². The second-order valence-corrected chi connectivity index (χ2v) is 10.6. The number of aryl methyl sites for hydroxylation is 3. The van der Waals surface area contributed by atoms with Crippen molar-refractivity contribution in [2.45, 2.75) is 68.2 Å². The number of fused-ring (bicyclic) bond motifs is 4. The summed E-state index contributed by atoms with van der Waals surface area (Å²) in [6.45, 7) is 1.17. The molecule has 9 heteroatoms. The maximum absolute atomic E-state index is 13.1. The van der Waals surface area contributed by atoms with Crippen LogP contribution in [0, 0.1) is 0 Å². The molecule has 3 aliphatic carbocycles. The highest BCUT2D eigenvalue weighted by atomic mass is 32.2. The van der Waals surface area contributed by atoms with Crippen molar-refractivity contribution in [3.05, 3.63) is 34.5 Å². The van der Waals surface area contributed by atoms with Gasteiger partial charge in [-0.1, -0.05) is 6.07 Å². The fourth-order valence-corrected chi connectivity index (χ4v) is 6.45. The standard InChI is InChI=1S/C21H25N5O3S/c22-30(28,16-12-23-26-9-2-10-29-19(16)26)25-20(27)24-18-15-4-1-3-13(15)11-14-5-6-21(7-8-21)17(14)18/h11-12H,1-10H2,(H3,22,24,25,27,28). The lowest BCUT2D eigenvalue weighted by Crippen LogP contribution is -2.21. The van der Waals surface area contributed by atoms with Gasteiger partial charge in [0.1, 0.15) is 4.90 Å². The van der Waals surface area contributed by atoms with Crippen LogP contribution in [0.2, 0.25) is 0 Å². The van der Waals surface area contributed by atoms with E-state index in [1.807, 2.05) is 0 Å². The smallest absolute Gasteiger partial charge is 0.354 e. The number of nitrogens with two attached hydrogens (primary N) is 1. The van der Waals surface area contributed by atoms with Crippen LogP contribution in [0.5, 0.6) is 5.88 Å². The predicted octanol–water partition coefficient (Wildman–Crippen LogP) is 3.06. The van der Waals surface area contributed by atoms with Crippen molar-refractivity contribution in [1.29, 1.82) is 0 Å². The minimum atomic E-state index is -3.46. The number of hydrogen-bond acceptors (Lipinski definition) is 4. The molecule has 0 radical (unpaired) electrons. The van der Waals surface area contributed by atoms with Crippen LogP contribution in [0.3, 0.4) is 0 Å². The highest BCUT2D eigenvalue weighted by Crippen LogP contribution is 2.60.